The monoisotopic (exact) mass is 208 g/mol. The number of likely N-dealkylation sites (N-methyl/N-ethyl adjacent to an activating group) is 1. The average molecular weight is 208 g/mol. The third-order valence-corrected chi connectivity index (χ3v) is 2.51. The Hall–Kier alpha value is -1.29. The molecule has 0 amide bonds. The molecule has 0 fully saturated rings. The molecule has 1 rings (SSSR count). The van der Waals surface area contributed by atoms with Crippen LogP contribution in [0.1, 0.15) is 12.6 Å². The van der Waals surface area contributed by atoms with Crippen LogP contribution in [0, 0.1) is 6.92 Å². The van der Waals surface area contributed by atoms with Crippen LogP contribution in [0.15, 0.2) is 12.1 Å². The van der Waals surface area contributed by atoms with E-state index in [1.165, 1.54) is 0 Å². The van der Waals surface area contributed by atoms with E-state index in [9.17, 15) is 0 Å². The highest BCUT2D eigenvalue weighted by molar-refractivity contribution is 5.61. The van der Waals surface area contributed by atoms with E-state index in [0.29, 0.717) is 11.7 Å². The first-order valence-electron chi connectivity index (χ1n) is 5.14. The number of aryl methyl sites for hydroxylation is 1. The Kier molecular flexibility index (Phi) is 3.91. The van der Waals surface area contributed by atoms with Crippen LogP contribution in [0.4, 0.5) is 11.5 Å². The van der Waals surface area contributed by atoms with Crippen LogP contribution in [0.5, 0.6) is 0 Å². The number of anilines is 2. The van der Waals surface area contributed by atoms with Crippen molar-refractivity contribution in [2.45, 2.75) is 19.9 Å². The van der Waals surface area contributed by atoms with Crippen molar-refractivity contribution in [3.8, 4) is 0 Å². The van der Waals surface area contributed by atoms with Crippen LogP contribution in [-0.4, -0.2) is 36.6 Å². The summed E-state index contributed by atoms with van der Waals surface area (Å²) in [6, 6.07) is 4.24. The molecule has 0 aliphatic rings. The Balaban J connectivity index is 2.61. The van der Waals surface area contributed by atoms with Crippen molar-refractivity contribution >= 4 is 11.5 Å². The van der Waals surface area contributed by atoms with E-state index in [2.05, 4.69) is 36.2 Å². The summed E-state index contributed by atoms with van der Waals surface area (Å²) in [7, 11) is 4.11. The minimum atomic E-state index is 0.451. The first kappa shape index (κ1) is 11.8. The average Bonchev–Trinajstić information content (AvgIpc) is 2.18. The Morgan fingerprint density at radius 1 is 1.47 bits per heavy atom. The van der Waals surface area contributed by atoms with Crippen LogP contribution in [0.25, 0.3) is 0 Å². The fourth-order valence-corrected chi connectivity index (χ4v) is 1.14. The topological polar surface area (TPSA) is 54.2 Å². The van der Waals surface area contributed by atoms with Crippen LogP contribution < -0.4 is 11.1 Å². The third kappa shape index (κ3) is 3.40. The van der Waals surface area contributed by atoms with Crippen molar-refractivity contribution in [3.05, 3.63) is 17.8 Å². The van der Waals surface area contributed by atoms with E-state index in [-0.39, 0.29) is 0 Å². The molecule has 1 atom stereocenters. The maximum absolute atomic E-state index is 5.81. The molecule has 0 saturated heterocycles. The van der Waals surface area contributed by atoms with Gasteiger partial charge in [0.1, 0.15) is 5.82 Å². The Morgan fingerprint density at radius 3 is 2.73 bits per heavy atom. The SMILES string of the molecule is Cc1ccc(N)c(NCC(C)N(C)C)n1. The minimum Gasteiger partial charge on any atom is -0.396 e. The molecule has 3 N–H and O–H groups in total. The number of nitrogens with two attached hydrogens (primary N) is 1. The summed E-state index contributed by atoms with van der Waals surface area (Å²) >= 11 is 0. The number of nitrogens with zero attached hydrogens (tertiary/aromatic N) is 2. The standard InChI is InChI=1S/C11H20N4/c1-8-5-6-10(12)11(14-8)13-7-9(2)15(3)4/h5-6,9H,7,12H2,1-4H3,(H,13,14). The Labute approximate surface area is 91.5 Å². The number of rotatable bonds is 4. The second-order valence-corrected chi connectivity index (χ2v) is 4.08. The van der Waals surface area contributed by atoms with Gasteiger partial charge in [0.25, 0.3) is 0 Å². The lowest BCUT2D eigenvalue weighted by atomic mass is 10.3. The third-order valence-electron chi connectivity index (χ3n) is 2.51. The zero-order valence-corrected chi connectivity index (χ0v) is 9.91. The lowest BCUT2D eigenvalue weighted by Gasteiger charge is -2.20. The van der Waals surface area contributed by atoms with E-state index < -0.39 is 0 Å². The highest BCUT2D eigenvalue weighted by atomic mass is 15.1. The number of nitrogen functional groups attached to an aromatic ring is 1. The summed E-state index contributed by atoms with van der Waals surface area (Å²) in [5, 5.41) is 3.26. The van der Waals surface area contributed by atoms with E-state index in [1.807, 2.05) is 19.1 Å². The van der Waals surface area contributed by atoms with E-state index >= 15 is 0 Å². The van der Waals surface area contributed by atoms with Gasteiger partial charge in [-0.15, -0.1) is 0 Å². The molecule has 15 heavy (non-hydrogen) atoms. The molecule has 4 nitrogen and oxygen atoms in total. The first-order valence-corrected chi connectivity index (χ1v) is 5.14. The molecule has 0 aliphatic carbocycles. The molecule has 84 valence electrons. The fourth-order valence-electron chi connectivity index (χ4n) is 1.14. The van der Waals surface area contributed by atoms with E-state index in [0.717, 1.165) is 18.1 Å². The zero-order valence-electron chi connectivity index (χ0n) is 9.91. The Bertz CT molecular complexity index is 322. The molecule has 1 unspecified atom stereocenters. The molecule has 0 spiro atoms. The molecule has 1 aromatic heterocycles. The summed E-state index contributed by atoms with van der Waals surface area (Å²) in [6.45, 7) is 4.95. The number of pyridine rings is 1. The number of hydrogen-bond acceptors (Lipinski definition) is 4. The van der Waals surface area contributed by atoms with Gasteiger partial charge in [-0.05, 0) is 40.1 Å². The van der Waals surface area contributed by atoms with Gasteiger partial charge >= 0.3 is 0 Å². The van der Waals surface area contributed by atoms with Crippen molar-refractivity contribution < 1.29 is 0 Å². The highest BCUT2D eigenvalue weighted by Crippen LogP contribution is 2.15. The van der Waals surface area contributed by atoms with E-state index in [4.69, 9.17) is 5.73 Å². The summed E-state index contributed by atoms with van der Waals surface area (Å²) in [5.41, 5.74) is 7.49. The van der Waals surface area contributed by atoms with Crippen LogP contribution in [0.2, 0.25) is 0 Å². The maximum atomic E-state index is 5.81. The highest BCUT2D eigenvalue weighted by Gasteiger charge is 2.06. The quantitative estimate of drug-likeness (QED) is 0.784. The van der Waals surface area contributed by atoms with E-state index in [1.54, 1.807) is 0 Å². The second-order valence-electron chi connectivity index (χ2n) is 4.08. The predicted octanol–water partition coefficient (Wildman–Crippen LogP) is 1.33. The summed E-state index contributed by atoms with van der Waals surface area (Å²) in [5.74, 6) is 0.781. The van der Waals surface area contributed by atoms with Gasteiger partial charge in [-0.3, -0.25) is 0 Å². The zero-order chi connectivity index (χ0) is 11.4. The van der Waals surface area contributed by atoms with Gasteiger partial charge in [-0.2, -0.15) is 0 Å². The summed E-state index contributed by atoms with van der Waals surface area (Å²) in [4.78, 5) is 6.50. The van der Waals surface area contributed by atoms with Gasteiger partial charge < -0.3 is 16.0 Å². The van der Waals surface area contributed by atoms with Gasteiger partial charge in [0.2, 0.25) is 0 Å². The molecule has 1 heterocycles. The molecule has 0 saturated carbocycles. The number of hydrogen-bond donors (Lipinski definition) is 2. The van der Waals surface area contributed by atoms with Crippen LogP contribution >= 0.6 is 0 Å². The number of nitrogens with one attached hydrogen (secondary N) is 1. The second kappa shape index (κ2) is 4.98. The van der Waals surface area contributed by atoms with Gasteiger partial charge in [0, 0.05) is 18.3 Å². The van der Waals surface area contributed by atoms with Gasteiger partial charge in [-0.25, -0.2) is 4.98 Å². The van der Waals surface area contributed by atoms with Crippen LogP contribution in [0.3, 0.4) is 0 Å². The lowest BCUT2D eigenvalue weighted by Crippen LogP contribution is -2.31. The molecule has 4 heteroatoms. The largest absolute Gasteiger partial charge is 0.396 e. The van der Waals surface area contributed by atoms with Crippen LogP contribution in [-0.2, 0) is 0 Å². The predicted molar refractivity (Wildman–Crippen MR) is 65.0 cm³/mol. The molecule has 1 aromatic rings. The molecule has 0 aromatic carbocycles. The lowest BCUT2D eigenvalue weighted by molar-refractivity contribution is 0.326. The summed E-state index contributed by atoms with van der Waals surface area (Å²) < 4.78 is 0. The smallest absolute Gasteiger partial charge is 0.149 e. The molecular weight excluding hydrogens is 188 g/mol. The Morgan fingerprint density at radius 2 is 2.13 bits per heavy atom. The maximum Gasteiger partial charge on any atom is 0.149 e. The van der Waals surface area contributed by atoms with Crippen molar-refractivity contribution in [2.24, 2.45) is 0 Å². The first-order chi connectivity index (χ1) is 7.00. The fraction of sp³-hybridized carbons (Fsp3) is 0.545. The normalized spacial score (nSPS) is 12.9. The van der Waals surface area contributed by atoms with Gasteiger partial charge in [-0.1, -0.05) is 0 Å². The number of aromatic nitrogens is 1. The van der Waals surface area contributed by atoms with Crippen molar-refractivity contribution in [1.29, 1.82) is 0 Å². The summed E-state index contributed by atoms with van der Waals surface area (Å²) in [6.07, 6.45) is 0. The van der Waals surface area contributed by atoms with Crippen molar-refractivity contribution in [1.82, 2.24) is 9.88 Å². The van der Waals surface area contributed by atoms with Crippen molar-refractivity contribution in [3.63, 3.8) is 0 Å². The van der Waals surface area contributed by atoms with Gasteiger partial charge in [0.15, 0.2) is 0 Å². The molecule has 0 aliphatic heterocycles. The molecule has 0 bridgehead atoms. The van der Waals surface area contributed by atoms with Gasteiger partial charge in [0.05, 0.1) is 5.69 Å². The van der Waals surface area contributed by atoms with Crippen molar-refractivity contribution in [2.75, 3.05) is 31.7 Å². The molecular formula is C11H20N4. The minimum absolute atomic E-state index is 0.451. The molecule has 0 radical (unpaired) electrons.